The predicted molar refractivity (Wildman–Crippen MR) is 107 cm³/mol. The summed E-state index contributed by atoms with van der Waals surface area (Å²) in [4.78, 5) is 23.9. The van der Waals surface area contributed by atoms with Crippen LogP contribution in [0.1, 0.15) is 26.4 Å². The van der Waals surface area contributed by atoms with Crippen molar-refractivity contribution in [3.63, 3.8) is 0 Å². The molecule has 0 aliphatic rings. The van der Waals surface area contributed by atoms with Gasteiger partial charge in [0.05, 0.1) is 12.7 Å². The Balaban J connectivity index is 1.70. The van der Waals surface area contributed by atoms with Crippen LogP contribution in [0.15, 0.2) is 54.6 Å². The molecule has 0 unspecified atom stereocenters. The van der Waals surface area contributed by atoms with E-state index in [1.807, 2.05) is 13.0 Å². The second kappa shape index (κ2) is 8.49. The van der Waals surface area contributed by atoms with Gasteiger partial charge >= 0.3 is 5.97 Å². The van der Waals surface area contributed by atoms with E-state index in [2.05, 4.69) is 25.6 Å². The summed E-state index contributed by atoms with van der Waals surface area (Å²) in [5, 5.41) is 14.4. The summed E-state index contributed by atoms with van der Waals surface area (Å²) in [5.74, 6) is -0.447. The molecule has 8 heteroatoms. The molecule has 2 N–H and O–H groups in total. The van der Waals surface area contributed by atoms with Crippen LogP contribution >= 0.6 is 11.6 Å². The summed E-state index contributed by atoms with van der Waals surface area (Å²) < 4.78 is 4.67. The zero-order valence-corrected chi connectivity index (χ0v) is 15.9. The fraction of sp³-hybridized carbons (Fsp3) is 0.100. The second-order valence-corrected chi connectivity index (χ2v) is 6.35. The number of rotatable bonds is 5. The Bertz CT molecular complexity index is 1020. The lowest BCUT2D eigenvalue weighted by molar-refractivity contribution is 0.0600. The van der Waals surface area contributed by atoms with E-state index in [4.69, 9.17) is 11.6 Å². The van der Waals surface area contributed by atoms with Crippen LogP contribution in [0, 0.1) is 6.92 Å². The Hall–Kier alpha value is -3.45. The number of amides is 1. The van der Waals surface area contributed by atoms with E-state index in [0.717, 1.165) is 11.3 Å². The van der Waals surface area contributed by atoms with Crippen LogP contribution in [0.4, 0.5) is 17.2 Å². The summed E-state index contributed by atoms with van der Waals surface area (Å²) in [6, 6.07) is 15.1. The van der Waals surface area contributed by atoms with Crippen molar-refractivity contribution in [2.24, 2.45) is 0 Å². The summed E-state index contributed by atoms with van der Waals surface area (Å²) in [6.45, 7) is 1.94. The molecule has 0 bridgehead atoms. The standard InChI is InChI=1S/C20H17ClN4O3/c1-12-6-7-14(21)11-17(12)23-18-9-8-16(24-25-18)19(26)22-15-5-3-4-13(10-15)20(27)28-2/h3-11H,1-2H3,(H,22,26)(H,23,25). The smallest absolute Gasteiger partial charge is 0.337 e. The number of methoxy groups -OCH3 is 1. The van der Waals surface area contributed by atoms with Crippen LogP contribution in [0.25, 0.3) is 0 Å². The maximum absolute atomic E-state index is 12.4. The summed E-state index contributed by atoms with van der Waals surface area (Å²) in [5.41, 5.74) is 2.73. The lowest BCUT2D eigenvalue weighted by Crippen LogP contribution is -2.15. The van der Waals surface area contributed by atoms with Gasteiger partial charge in [0.2, 0.25) is 0 Å². The Morgan fingerprint density at radius 1 is 1.04 bits per heavy atom. The molecule has 0 atom stereocenters. The molecule has 0 radical (unpaired) electrons. The van der Waals surface area contributed by atoms with Crippen LogP contribution in [-0.4, -0.2) is 29.2 Å². The number of hydrogen-bond acceptors (Lipinski definition) is 6. The van der Waals surface area contributed by atoms with Crippen LogP contribution < -0.4 is 10.6 Å². The first-order valence-corrected chi connectivity index (χ1v) is 8.70. The maximum Gasteiger partial charge on any atom is 0.337 e. The van der Waals surface area contributed by atoms with Gasteiger partial charge in [-0.15, -0.1) is 10.2 Å². The molecule has 142 valence electrons. The van der Waals surface area contributed by atoms with Gasteiger partial charge in [0.1, 0.15) is 0 Å². The molecule has 0 saturated carbocycles. The average molecular weight is 397 g/mol. The molecular weight excluding hydrogens is 380 g/mol. The lowest BCUT2D eigenvalue weighted by Gasteiger charge is -2.09. The van der Waals surface area contributed by atoms with Crippen molar-refractivity contribution >= 4 is 40.7 Å². The van der Waals surface area contributed by atoms with Gasteiger partial charge in [-0.25, -0.2) is 4.79 Å². The first kappa shape index (κ1) is 19.3. The molecule has 1 aromatic heterocycles. The van der Waals surface area contributed by atoms with Crippen LogP contribution in [0.5, 0.6) is 0 Å². The van der Waals surface area contributed by atoms with Crippen molar-refractivity contribution in [2.75, 3.05) is 17.7 Å². The van der Waals surface area contributed by atoms with Gasteiger partial charge in [-0.3, -0.25) is 4.79 Å². The zero-order chi connectivity index (χ0) is 20.1. The molecular formula is C20H17ClN4O3. The zero-order valence-electron chi connectivity index (χ0n) is 15.2. The van der Waals surface area contributed by atoms with E-state index in [1.54, 1.807) is 42.5 Å². The molecule has 3 aromatic rings. The van der Waals surface area contributed by atoms with E-state index >= 15 is 0 Å². The van der Waals surface area contributed by atoms with Gasteiger partial charge in [0.25, 0.3) is 5.91 Å². The topological polar surface area (TPSA) is 93.2 Å². The van der Waals surface area contributed by atoms with Gasteiger partial charge in [0.15, 0.2) is 11.5 Å². The first-order valence-electron chi connectivity index (χ1n) is 8.33. The van der Waals surface area contributed by atoms with E-state index in [1.165, 1.54) is 13.2 Å². The number of carbonyl (C=O) groups excluding carboxylic acids is 2. The van der Waals surface area contributed by atoms with E-state index in [-0.39, 0.29) is 5.69 Å². The highest BCUT2D eigenvalue weighted by Gasteiger charge is 2.11. The van der Waals surface area contributed by atoms with Gasteiger partial charge in [-0.05, 0) is 55.0 Å². The molecule has 2 aromatic carbocycles. The van der Waals surface area contributed by atoms with Gasteiger partial charge in [-0.2, -0.15) is 0 Å². The third-order valence-electron chi connectivity index (χ3n) is 3.90. The predicted octanol–water partition coefficient (Wildman–Crippen LogP) is 4.22. The fourth-order valence-electron chi connectivity index (χ4n) is 2.42. The highest BCUT2D eigenvalue weighted by atomic mass is 35.5. The SMILES string of the molecule is COC(=O)c1cccc(NC(=O)c2ccc(Nc3cc(Cl)ccc3C)nn2)c1. The first-order chi connectivity index (χ1) is 13.5. The largest absolute Gasteiger partial charge is 0.465 e. The number of carbonyl (C=O) groups is 2. The number of aromatic nitrogens is 2. The number of aryl methyl sites for hydroxylation is 1. The van der Waals surface area contributed by atoms with E-state index in [0.29, 0.717) is 22.1 Å². The minimum atomic E-state index is -0.484. The number of nitrogens with zero attached hydrogens (tertiary/aromatic N) is 2. The number of ether oxygens (including phenoxy) is 1. The van der Waals surface area contributed by atoms with Crippen molar-refractivity contribution < 1.29 is 14.3 Å². The molecule has 0 spiro atoms. The molecule has 1 amide bonds. The van der Waals surface area contributed by atoms with Crippen molar-refractivity contribution in [2.45, 2.75) is 6.92 Å². The highest BCUT2D eigenvalue weighted by Crippen LogP contribution is 2.23. The normalized spacial score (nSPS) is 10.2. The molecule has 1 heterocycles. The molecule has 28 heavy (non-hydrogen) atoms. The van der Waals surface area contributed by atoms with Crippen LogP contribution in [-0.2, 0) is 4.74 Å². The van der Waals surface area contributed by atoms with Crippen molar-refractivity contribution in [1.29, 1.82) is 0 Å². The minimum Gasteiger partial charge on any atom is -0.465 e. The average Bonchev–Trinajstić information content (AvgIpc) is 2.71. The Morgan fingerprint density at radius 3 is 2.57 bits per heavy atom. The number of halogens is 1. The lowest BCUT2D eigenvalue weighted by atomic mass is 10.2. The number of hydrogen-bond donors (Lipinski definition) is 2. The second-order valence-electron chi connectivity index (χ2n) is 5.91. The van der Waals surface area contributed by atoms with Gasteiger partial charge < -0.3 is 15.4 Å². The van der Waals surface area contributed by atoms with Gasteiger partial charge in [0, 0.05) is 16.4 Å². The third-order valence-corrected chi connectivity index (χ3v) is 4.14. The maximum atomic E-state index is 12.4. The summed E-state index contributed by atoms with van der Waals surface area (Å²) >= 11 is 6.01. The molecule has 0 aliphatic heterocycles. The molecule has 0 saturated heterocycles. The monoisotopic (exact) mass is 396 g/mol. The molecule has 7 nitrogen and oxygen atoms in total. The van der Waals surface area contributed by atoms with E-state index < -0.39 is 11.9 Å². The third kappa shape index (κ3) is 4.63. The summed E-state index contributed by atoms with van der Waals surface area (Å²) in [7, 11) is 1.30. The number of nitrogens with one attached hydrogen (secondary N) is 2. The Kier molecular flexibility index (Phi) is 5.86. The molecule has 3 rings (SSSR count). The molecule has 0 fully saturated rings. The van der Waals surface area contributed by atoms with Crippen molar-refractivity contribution in [1.82, 2.24) is 10.2 Å². The van der Waals surface area contributed by atoms with Crippen molar-refractivity contribution in [3.8, 4) is 0 Å². The summed E-state index contributed by atoms with van der Waals surface area (Å²) in [6.07, 6.45) is 0. The fourth-order valence-corrected chi connectivity index (χ4v) is 2.60. The number of esters is 1. The Morgan fingerprint density at radius 2 is 1.86 bits per heavy atom. The van der Waals surface area contributed by atoms with Crippen LogP contribution in [0.3, 0.4) is 0 Å². The number of benzene rings is 2. The number of anilines is 3. The quantitative estimate of drug-likeness (QED) is 0.627. The van der Waals surface area contributed by atoms with E-state index in [9.17, 15) is 9.59 Å². The van der Waals surface area contributed by atoms with Crippen molar-refractivity contribution in [3.05, 3.63) is 76.4 Å². The van der Waals surface area contributed by atoms with Crippen LogP contribution in [0.2, 0.25) is 5.02 Å². The highest BCUT2D eigenvalue weighted by molar-refractivity contribution is 6.30. The molecule has 0 aliphatic carbocycles. The minimum absolute atomic E-state index is 0.136. The van der Waals surface area contributed by atoms with Gasteiger partial charge in [-0.1, -0.05) is 23.7 Å². The Labute approximate surface area is 166 Å².